The number of carbonyl (C=O) groups excluding carboxylic acids is 1. The molecular formula is C17H28N4O. The molecule has 2 fully saturated rings. The predicted molar refractivity (Wildman–Crippen MR) is 86.3 cm³/mol. The molecule has 1 aliphatic heterocycles. The lowest BCUT2D eigenvalue weighted by Crippen LogP contribution is -2.42. The van der Waals surface area contributed by atoms with Gasteiger partial charge in [-0.15, -0.1) is 0 Å². The first-order chi connectivity index (χ1) is 10.6. The second kappa shape index (κ2) is 6.82. The monoisotopic (exact) mass is 304 g/mol. The Labute approximate surface area is 132 Å². The average Bonchev–Trinajstić information content (AvgIpc) is 2.99. The Kier molecular flexibility index (Phi) is 4.81. The lowest BCUT2D eigenvalue weighted by Gasteiger charge is -2.23. The van der Waals surface area contributed by atoms with Crippen LogP contribution in [0.4, 0.5) is 0 Å². The van der Waals surface area contributed by atoms with Crippen molar-refractivity contribution in [2.24, 2.45) is 17.8 Å². The highest BCUT2D eigenvalue weighted by Crippen LogP contribution is 2.33. The Hall–Kier alpha value is -1.36. The van der Waals surface area contributed by atoms with E-state index in [-0.39, 0.29) is 5.91 Å². The summed E-state index contributed by atoms with van der Waals surface area (Å²) in [7, 11) is 0. The second-order valence-electron chi connectivity index (χ2n) is 7.35. The van der Waals surface area contributed by atoms with Crippen molar-refractivity contribution >= 4 is 5.91 Å². The third kappa shape index (κ3) is 4.09. The highest BCUT2D eigenvalue weighted by Gasteiger charge is 2.37. The van der Waals surface area contributed by atoms with Crippen LogP contribution in [0.3, 0.4) is 0 Å². The summed E-state index contributed by atoms with van der Waals surface area (Å²) in [4.78, 5) is 14.8. The lowest BCUT2D eigenvalue weighted by atomic mass is 9.91. The van der Waals surface area contributed by atoms with Gasteiger partial charge in [0.1, 0.15) is 0 Å². The number of H-pyrrole nitrogens is 1. The molecule has 5 nitrogen and oxygen atoms in total. The number of aromatic amines is 1. The van der Waals surface area contributed by atoms with Gasteiger partial charge in [-0.1, -0.05) is 13.8 Å². The zero-order valence-electron chi connectivity index (χ0n) is 13.7. The van der Waals surface area contributed by atoms with Crippen LogP contribution in [0.25, 0.3) is 0 Å². The highest BCUT2D eigenvalue weighted by atomic mass is 16.1. The van der Waals surface area contributed by atoms with Crippen molar-refractivity contribution < 1.29 is 4.79 Å². The molecular weight excluding hydrogens is 276 g/mol. The van der Waals surface area contributed by atoms with Crippen molar-refractivity contribution in [3.63, 3.8) is 0 Å². The summed E-state index contributed by atoms with van der Waals surface area (Å²) in [5, 5.41) is 9.99. The molecule has 122 valence electrons. The fourth-order valence-electron chi connectivity index (χ4n) is 3.51. The minimum atomic E-state index is 0.171. The van der Waals surface area contributed by atoms with Crippen LogP contribution >= 0.6 is 0 Å². The third-order valence-electron chi connectivity index (χ3n) is 5.05. The van der Waals surface area contributed by atoms with E-state index in [1.165, 1.54) is 19.4 Å². The SMILES string of the molecule is CC(C)[C@@H]1CN(CC2CC2)C[C@H]1NC(=O)CCc1cn[nH]c1. The molecule has 0 radical (unpaired) electrons. The van der Waals surface area contributed by atoms with Gasteiger partial charge in [0.2, 0.25) is 5.91 Å². The Morgan fingerprint density at radius 3 is 2.91 bits per heavy atom. The quantitative estimate of drug-likeness (QED) is 0.808. The molecule has 0 unspecified atom stereocenters. The molecule has 1 aliphatic carbocycles. The first-order valence-electron chi connectivity index (χ1n) is 8.61. The van der Waals surface area contributed by atoms with Gasteiger partial charge in [0.05, 0.1) is 6.20 Å². The van der Waals surface area contributed by atoms with E-state index in [2.05, 4.69) is 34.3 Å². The largest absolute Gasteiger partial charge is 0.352 e. The Balaban J connectivity index is 1.48. The Morgan fingerprint density at radius 1 is 1.45 bits per heavy atom. The van der Waals surface area contributed by atoms with Gasteiger partial charge in [-0.2, -0.15) is 5.10 Å². The summed E-state index contributed by atoms with van der Waals surface area (Å²) < 4.78 is 0. The maximum absolute atomic E-state index is 12.2. The van der Waals surface area contributed by atoms with E-state index in [4.69, 9.17) is 0 Å². The topological polar surface area (TPSA) is 61.0 Å². The second-order valence-corrected chi connectivity index (χ2v) is 7.35. The van der Waals surface area contributed by atoms with Crippen molar-refractivity contribution in [1.29, 1.82) is 0 Å². The van der Waals surface area contributed by atoms with E-state index in [9.17, 15) is 4.79 Å². The molecule has 0 spiro atoms. The fourth-order valence-corrected chi connectivity index (χ4v) is 3.51. The molecule has 5 heteroatoms. The highest BCUT2D eigenvalue weighted by molar-refractivity contribution is 5.76. The van der Waals surface area contributed by atoms with Crippen LogP contribution in [0.15, 0.2) is 12.4 Å². The molecule has 2 aliphatic rings. The number of aryl methyl sites for hydroxylation is 1. The molecule has 1 saturated heterocycles. The molecule has 2 N–H and O–H groups in total. The van der Waals surface area contributed by atoms with E-state index in [0.29, 0.717) is 24.3 Å². The van der Waals surface area contributed by atoms with Crippen molar-refractivity contribution in [1.82, 2.24) is 20.4 Å². The average molecular weight is 304 g/mol. The maximum Gasteiger partial charge on any atom is 0.220 e. The maximum atomic E-state index is 12.2. The van der Waals surface area contributed by atoms with Gasteiger partial charge in [0.15, 0.2) is 0 Å². The summed E-state index contributed by atoms with van der Waals surface area (Å²) in [5.41, 5.74) is 1.09. The van der Waals surface area contributed by atoms with Gasteiger partial charge in [0, 0.05) is 38.3 Å². The summed E-state index contributed by atoms with van der Waals surface area (Å²) in [5.74, 6) is 2.29. The summed E-state index contributed by atoms with van der Waals surface area (Å²) in [6.45, 7) is 7.94. The molecule has 3 rings (SSSR count). The van der Waals surface area contributed by atoms with Crippen LogP contribution < -0.4 is 5.32 Å². The van der Waals surface area contributed by atoms with Crippen LogP contribution in [-0.4, -0.2) is 46.7 Å². The van der Waals surface area contributed by atoms with E-state index < -0.39 is 0 Å². The van der Waals surface area contributed by atoms with E-state index in [0.717, 1.165) is 31.0 Å². The van der Waals surface area contributed by atoms with Crippen molar-refractivity contribution in [3.8, 4) is 0 Å². The van der Waals surface area contributed by atoms with Crippen LogP contribution in [-0.2, 0) is 11.2 Å². The van der Waals surface area contributed by atoms with E-state index in [1.807, 2.05) is 6.20 Å². The number of carbonyl (C=O) groups is 1. The standard InChI is InChI=1S/C17H28N4O/c1-12(2)15-10-21(9-13-3-4-13)11-16(15)20-17(22)6-5-14-7-18-19-8-14/h7-8,12-13,15-16H,3-6,9-11H2,1-2H3,(H,18,19)(H,20,22)/t15-,16+/m0/s1. The number of hydrogen-bond acceptors (Lipinski definition) is 3. The summed E-state index contributed by atoms with van der Waals surface area (Å²) in [6.07, 6.45) is 7.74. The number of likely N-dealkylation sites (tertiary alicyclic amines) is 1. The van der Waals surface area contributed by atoms with Crippen LogP contribution in [0.1, 0.15) is 38.7 Å². The van der Waals surface area contributed by atoms with Crippen LogP contribution in [0.5, 0.6) is 0 Å². The molecule has 1 saturated carbocycles. The number of rotatable bonds is 7. The summed E-state index contributed by atoms with van der Waals surface area (Å²) >= 11 is 0. The zero-order valence-corrected chi connectivity index (χ0v) is 13.7. The number of nitrogens with one attached hydrogen (secondary N) is 2. The first-order valence-corrected chi connectivity index (χ1v) is 8.61. The van der Waals surface area contributed by atoms with Crippen LogP contribution in [0, 0.1) is 17.8 Å². The fraction of sp³-hybridized carbons (Fsp3) is 0.765. The van der Waals surface area contributed by atoms with Gasteiger partial charge in [0.25, 0.3) is 0 Å². The Morgan fingerprint density at radius 2 is 2.27 bits per heavy atom. The lowest BCUT2D eigenvalue weighted by molar-refractivity contribution is -0.122. The van der Waals surface area contributed by atoms with Crippen molar-refractivity contribution in [3.05, 3.63) is 18.0 Å². The predicted octanol–water partition coefficient (Wildman–Crippen LogP) is 1.82. The van der Waals surface area contributed by atoms with E-state index >= 15 is 0 Å². The van der Waals surface area contributed by atoms with Crippen LogP contribution in [0.2, 0.25) is 0 Å². The number of amides is 1. The molecule has 2 atom stereocenters. The molecule has 1 aromatic rings. The molecule has 2 heterocycles. The molecule has 0 bridgehead atoms. The van der Waals surface area contributed by atoms with Gasteiger partial charge in [-0.05, 0) is 42.6 Å². The van der Waals surface area contributed by atoms with Gasteiger partial charge in [-0.3, -0.25) is 9.89 Å². The Bertz CT molecular complexity index is 481. The number of aromatic nitrogens is 2. The zero-order chi connectivity index (χ0) is 15.5. The van der Waals surface area contributed by atoms with Crippen molar-refractivity contribution in [2.45, 2.75) is 45.6 Å². The summed E-state index contributed by atoms with van der Waals surface area (Å²) in [6, 6.07) is 0.315. The molecule has 1 aromatic heterocycles. The third-order valence-corrected chi connectivity index (χ3v) is 5.05. The van der Waals surface area contributed by atoms with E-state index in [1.54, 1.807) is 6.20 Å². The smallest absolute Gasteiger partial charge is 0.220 e. The molecule has 1 amide bonds. The number of hydrogen-bond donors (Lipinski definition) is 2. The van der Waals surface area contributed by atoms with Gasteiger partial charge >= 0.3 is 0 Å². The minimum absolute atomic E-state index is 0.171. The van der Waals surface area contributed by atoms with Gasteiger partial charge in [-0.25, -0.2) is 0 Å². The molecule has 22 heavy (non-hydrogen) atoms. The normalized spacial score (nSPS) is 25.8. The number of nitrogens with zero attached hydrogens (tertiary/aromatic N) is 2. The first kappa shape index (κ1) is 15.5. The van der Waals surface area contributed by atoms with Gasteiger partial charge < -0.3 is 10.2 Å². The minimum Gasteiger partial charge on any atom is -0.352 e. The van der Waals surface area contributed by atoms with Crippen molar-refractivity contribution in [2.75, 3.05) is 19.6 Å². The molecule has 0 aromatic carbocycles.